The largest absolute Gasteiger partial charge is 0.328 e. The molecule has 4 heteroatoms. The van der Waals surface area contributed by atoms with Crippen molar-refractivity contribution < 1.29 is 9.59 Å². The minimum Gasteiger partial charge on any atom is -0.328 e. The fraction of sp³-hybridized carbons (Fsp3) is 0.571. The second kappa shape index (κ2) is 7.11. The van der Waals surface area contributed by atoms with Crippen LogP contribution < -0.4 is 5.73 Å². The highest BCUT2D eigenvalue weighted by atomic mass is 16.2. The van der Waals surface area contributed by atoms with Crippen molar-refractivity contribution in [1.82, 2.24) is 4.90 Å². The van der Waals surface area contributed by atoms with Crippen molar-refractivity contribution in [2.45, 2.75) is 51.6 Å². The highest BCUT2D eigenvalue weighted by Gasteiger charge is 2.30. The second-order valence-electron chi connectivity index (χ2n) is 4.63. The van der Waals surface area contributed by atoms with Gasteiger partial charge in [0.05, 0.1) is 0 Å². The van der Waals surface area contributed by atoms with Crippen LogP contribution in [0.3, 0.4) is 0 Å². The normalized spacial score (nSPS) is 24.6. The number of amides is 2. The van der Waals surface area contributed by atoms with Gasteiger partial charge in [-0.15, -0.1) is 0 Å². The van der Waals surface area contributed by atoms with Gasteiger partial charge in [0.1, 0.15) is 0 Å². The zero-order valence-electron chi connectivity index (χ0n) is 11.1. The molecular formula is C14H22N2O2. The van der Waals surface area contributed by atoms with Crippen LogP contribution in [0.25, 0.3) is 0 Å². The van der Waals surface area contributed by atoms with Crippen LogP contribution in [-0.2, 0) is 9.59 Å². The lowest BCUT2D eigenvalue weighted by atomic mass is 9.90. The van der Waals surface area contributed by atoms with Gasteiger partial charge in [0, 0.05) is 12.1 Å². The van der Waals surface area contributed by atoms with Crippen molar-refractivity contribution in [3.8, 4) is 0 Å². The highest BCUT2D eigenvalue weighted by molar-refractivity contribution is 6.05. The van der Waals surface area contributed by atoms with Gasteiger partial charge in [-0.25, -0.2) is 0 Å². The first-order valence-electron chi connectivity index (χ1n) is 6.48. The average Bonchev–Trinajstić information content (AvgIpc) is 2.30. The van der Waals surface area contributed by atoms with E-state index in [1.54, 1.807) is 26.0 Å². The quantitative estimate of drug-likeness (QED) is 0.776. The van der Waals surface area contributed by atoms with E-state index in [2.05, 4.69) is 0 Å². The van der Waals surface area contributed by atoms with E-state index in [4.69, 9.17) is 5.73 Å². The number of hydrogen-bond acceptors (Lipinski definition) is 3. The van der Waals surface area contributed by atoms with Gasteiger partial charge < -0.3 is 5.73 Å². The Hall–Kier alpha value is -1.42. The molecule has 0 aromatic heterocycles. The molecule has 0 radical (unpaired) electrons. The Labute approximate surface area is 109 Å². The first kappa shape index (κ1) is 14.6. The van der Waals surface area contributed by atoms with Crippen LogP contribution in [0.5, 0.6) is 0 Å². The Morgan fingerprint density at radius 3 is 2.11 bits per heavy atom. The van der Waals surface area contributed by atoms with Gasteiger partial charge in [0.25, 0.3) is 11.8 Å². The van der Waals surface area contributed by atoms with Crippen LogP contribution in [0, 0.1) is 0 Å². The lowest BCUT2D eigenvalue weighted by Gasteiger charge is -2.34. The fourth-order valence-corrected chi connectivity index (χ4v) is 2.35. The summed E-state index contributed by atoms with van der Waals surface area (Å²) in [6, 6.07) is 0.0178. The van der Waals surface area contributed by atoms with Crippen molar-refractivity contribution in [2.75, 3.05) is 0 Å². The summed E-state index contributed by atoms with van der Waals surface area (Å²) in [5.74, 6) is -0.501. The third-order valence-electron chi connectivity index (χ3n) is 3.15. The monoisotopic (exact) mass is 250 g/mol. The van der Waals surface area contributed by atoms with E-state index in [0.29, 0.717) is 6.42 Å². The maximum atomic E-state index is 12.0. The molecule has 0 heterocycles. The smallest absolute Gasteiger partial charge is 0.253 e. The van der Waals surface area contributed by atoms with Gasteiger partial charge in [0.2, 0.25) is 0 Å². The standard InChI is InChI=1S/C14H22N2O2/c1-3-6-13(17)16(14(18)7-4-2)12-9-5-8-11(15)10-12/h3-4,6-7,11-12H,5,8-10,15H2,1-2H3/b6-3+,7-4+. The lowest BCUT2D eigenvalue weighted by molar-refractivity contribution is -0.142. The van der Waals surface area contributed by atoms with Crippen molar-refractivity contribution in [3.63, 3.8) is 0 Å². The van der Waals surface area contributed by atoms with Crippen molar-refractivity contribution >= 4 is 11.8 Å². The highest BCUT2D eigenvalue weighted by Crippen LogP contribution is 2.22. The summed E-state index contributed by atoms with van der Waals surface area (Å²) in [6.45, 7) is 3.53. The molecule has 1 aliphatic carbocycles. The van der Waals surface area contributed by atoms with Crippen LogP contribution in [-0.4, -0.2) is 28.8 Å². The number of carbonyl (C=O) groups is 2. The molecule has 2 amide bonds. The number of hydrogen-bond donors (Lipinski definition) is 1. The average molecular weight is 250 g/mol. The topological polar surface area (TPSA) is 63.4 Å². The number of nitrogens with zero attached hydrogens (tertiary/aromatic N) is 1. The first-order valence-corrected chi connectivity index (χ1v) is 6.48. The molecule has 0 spiro atoms. The zero-order valence-corrected chi connectivity index (χ0v) is 11.1. The number of rotatable bonds is 3. The van der Waals surface area contributed by atoms with Crippen LogP contribution in [0.4, 0.5) is 0 Å². The molecule has 1 rings (SSSR count). The predicted octanol–water partition coefficient (Wildman–Crippen LogP) is 1.76. The summed E-state index contributed by atoms with van der Waals surface area (Å²) in [5, 5.41) is 0. The summed E-state index contributed by atoms with van der Waals surface area (Å²) in [5.41, 5.74) is 5.93. The number of imide groups is 1. The molecule has 0 aromatic carbocycles. The van der Waals surface area contributed by atoms with Gasteiger partial charge >= 0.3 is 0 Å². The van der Waals surface area contributed by atoms with E-state index in [9.17, 15) is 9.59 Å². The Bertz CT molecular complexity index is 337. The molecule has 0 bridgehead atoms. The number of allylic oxidation sites excluding steroid dienone is 2. The van der Waals surface area contributed by atoms with E-state index in [1.165, 1.54) is 17.1 Å². The minimum absolute atomic E-state index is 0.0684. The third-order valence-corrected chi connectivity index (χ3v) is 3.15. The fourth-order valence-electron chi connectivity index (χ4n) is 2.35. The molecule has 0 aromatic rings. The van der Waals surface area contributed by atoms with Crippen LogP contribution in [0.2, 0.25) is 0 Å². The summed E-state index contributed by atoms with van der Waals surface area (Å²) in [7, 11) is 0. The van der Waals surface area contributed by atoms with E-state index in [-0.39, 0.29) is 23.9 Å². The van der Waals surface area contributed by atoms with Crippen molar-refractivity contribution in [2.24, 2.45) is 5.73 Å². The molecule has 0 saturated heterocycles. The summed E-state index contributed by atoms with van der Waals surface area (Å²) < 4.78 is 0. The molecule has 2 atom stereocenters. The molecule has 100 valence electrons. The first-order chi connectivity index (χ1) is 8.60. The molecular weight excluding hydrogens is 228 g/mol. The van der Waals surface area contributed by atoms with Crippen molar-refractivity contribution in [3.05, 3.63) is 24.3 Å². The molecule has 2 N–H and O–H groups in total. The number of carbonyl (C=O) groups excluding carboxylic acids is 2. The Balaban J connectivity index is 2.88. The van der Waals surface area contributed by atoms with Gasteiger partial charge in [-0.05, 0) is 51.7 Å². The van der Waals surface area contributed by atoms with Gasteiger partial charge in [0.15, 0.2) is 0 Å². The van der Waals surface area contributed by atoms with Gasteiger partial charge in [-0.3, -0.25) is 14.5 Å². The molecule has 0 aliphatic heterocycles. The minimum atomic E-state index is -0.250. The molecule has 1 aliphatic rings. The third kappa shape index (κ3) is 3.81. The van der Waals surface area contributed by atoms with E-state index in [1.807, 2.05) is 0 Å². The van der Waals surface area contributed by atoms with Crippen LogP contribution >= 0.6 is 0 Å². The zero-order chi connectivity index (χ0) is 13.5. The maximum absolute atomic E-state index is 12.0. The molecule has 4 nitrogen and oxygen atoms in total. The van der Waals surface area contributed by atoms with Crippen LogP contribution in [0.15, 0.2) is 24.3 Å². The Morgan fingerprint density at radius 1 is 1.11 bits per heavy atom. The van der Waals surface area contributed by atoms with Gasteiger partial charge in [-0.2, -0.15) is 0 Å². The van der Waals surface area contributed by atoms with Crippen molar-refractivity contribution in [1.29, 1.82) is 0 Å². The predicted molar refractivity (Wildman–Crippen MR) is 71.7 cm³/mol. The second-order valence-corrected chi connectivity index (χ2v) is 4.63. The van der Waals surface area contributed by atoms with E-state index < -0.39 is 0 Å². The lowest BCUT2D eigenvalue weighted by Crippen LogP contribution is -2.47. The van der Waals surface area contributed by atoms with Gasteiger partial charge in [-0.1, -0.05) is 12.2 Å². The van der Waals surface area contributed by atoms with E-state index in [0.717, 1.165) is 19.3 Å². The Kier molecular flexibility index (Phi) is 5.78. The SMILES string of the molecule is C/C=C/C(=O)N(C(=O)/C=C/C)C1CCCC(N)C1. The molecule has 2 unspecified atom stereocenters. The molecule has 1 fully saturated rings. The molecule has 18 heavy (non-hydrogen) atoms. The number of nitrogens with two attached hydrogens (primary N) is 1. The van der Waals surface area contributed by atoms with Crippen LogP contribution in [0.1, 0.15) is 39.5 Å². The summed E-state index contributed by atoms with van der Waals surface area (Å²) in [6.07, 6.45) is 9.66. The summed E-state index contributed by atoms with van der Waals surface area (Å²) >= 11 is 0. The Morgan fingerprint density at radius 2 is 1.67 bits per heavy atom. The maximum Gasteiger partial charge on any atom is 0.253 e. The molecule has 1 saturated carbocycles. The summed E-state index contributed by atoms with van der Waals surface area (Å²) in [4.78, 5) is 25.4. The van der Waals surface area contributed by atoms with E-state index >= 15 is 0 Å².